The molecule has 0 spiro atoms. The molecule has 2 atom stereocenters. The molecule has 1 saturated heterocycles. The highest BCUT2D eigenvalue weighted by Crippen LogP contribution is 2.54. The number of nitrogens with zero attached hydrogens (tertiary/aromatic N) is 6. The lowest BCUT2D eigenvalue weighted by molar-refractivity contribution is -0.124. The number of carbonyl (C=O) groups excluding carboxylic acids is 1. The van der Waals surface area contributed by atoms with E-state index in [0.717, 1.165) is 35.2 Å². The summed E-state index contributed by atoms with van der Waals surface area (Å²) in [6.45, 7) is 2.61. The van der Waals surface area contributed by atoms with Crippen molar-refractivity contribution in [3.8, 4) is 17.2 Å². The van der Waals surface area contributed by atoms with Gasteiger partial charge in [0.1, 0.15) is 5.41 Å². The Morgan fingerprint density at radius 2 is 2.00 bits per heavy atom. The third kappa shape index (κ3) is 2.32. The Balaban J connectivity index is 1.41. The summed E-state index contributed by atoms with van der Waals surface area (Å²) >= 11 is 0. The van der Waals surface area contributed by atoms with Gasteiger partial charge in [-0.25, -0.2) is 4.52 Å². The summed E-state index contributed by atoms with van der Waals surface area (Å²) < 4.78 is 3.86. The summed E-state index contributed by atoms with van der Waals surface area (Å²) in [5, 5.41) is 18.9. The Labute approximate surface area is 168 Å². The van der Waals surface area contributed by atoms with Crippen LogP contribution in [0.4, 0.5) is 5.69 Å². The van der Waals surface area contributed by atoms with E-state index in [4.69, 9.17) is 0 Å². The summed E-state index contributed by atoms with van der Waals surface area (Å²) in [5.74, 6) is 0.174. The van der Waals surface area contributed by atoms with Crippen molar-refractivity contribution in [3.63, 3.8) is 0 Å². The molecular weight excluding hydrogens is 364 g/mol. The maximum absolute atomic E-state index is 13.4. The molecule has 3 aromatic rings. The van der Waals surface area contributed by atoms with Crippen LogP contribution in [0.5, 0.6) is 0 Å². The molecule has 0 unspecified atom stereocenters. The van der Waals surface area contributed by atoms with Gasteiger partial charge >= 0.3 is 0 Å². The Bertz CT molecular complexity index is 1180. The zero-order valence-electron chi connectivity index (χ0n) is 16.3. The topological polar surface area (TPSA) is 79.2 Å². The molecule has 7 nitrogen and oxygen atoms in total. The summed E-state index contributed by atoms with van der Waals surface area (Å²) in [7, 11) is 0. The highest BCUT2D eigenvalue weighted by molar-refractivity contribution is 6.05. The van der Waals surface area contributed by atoms with Gasteiger partial charge in [0.25, 0.3) is 0 Å². The second kappa shape index (κ2) is 5.69. The maximum Gasteiger partial charge on any atom is 0.248 e. The first-order valence-electron chi connectivity index (χ1n) is 10.4. The van der Waals surface area contributed by atoms with Crippen LogP contribution >= 0.6 is 0 Å². The van der Waals surface area contributed by atoms with Crippen LogP contribution in [0.2, 0.25) is 0 Å². The Kier molecular flexibility index (Phi) is 3.29. The fourth-order valence-electron chi connectivity index (χ4n) is 4.92. The number of hydrogen-bond donors (Lipinski definition) is 0. The number of rotatable bonds is 4. The zero-order valence-corrected chi connectivity index (χ0v) is 16.3. The minimum Gasteiger partial charge on any atom is -0.309 e. The molecule has 6 rings (SSSR count). The molecule has 0 N–H and O–H groups in total. The van der Waals surface area contributed by atoms with Crippen LogP contribution in [0.25, 0.3) is 16.6 Å². The molecule has 0 radical (unpaired) electrons. The van der Waals surface area contributed by atoms with Crippen molar-refractivity contribution >= 4 is 17.1 Å². The Morgan fingerprint density at radius 3 is 2.72 bits per heavy atom. The molecule has 3 fully saturated rings. The van der Waals surface area contributed by atoms with Crippen LogP contribution in [0.3, 0.4) is 0 Å². The lowest BCUT2D eigenvalue weighted by Crippen LogP contribution is -2.37. The summed E-state index contributed by atoms with van der Waals surface area (Å²) in [6.07, 6.45) is 12.0. The van der Waals surface area contributed by atoms with E-state index < -0.39 is 5.41 Å². The highest BCUT2D eigenvalue weighted by atomic mass is 16.2. The molecule has 2 saturated carbocycles. The van der Waals surface area contributed by atoms with Gasteiger partial charge in [-0.05, 0) is 43.7 Å². The van der Waals surface area contributed by atoms with Crippen molar-refractivity contribution in [2.45, 2.75) is 38.6 Å². The van der Waals surface area contributed by atoms with Gasteiger partial charge in [-0.15, -0.1) is 0 Å². The van der Waals surface area contributed by atoms with E-state index >= 15 is 0 Å². The molecule has 3 aromatic heterocycles. The first kappa shape index (κ1) is 16.8. The summed E-state index contributed by atoms with van der Waals surface area (Å²) in [6, 6.07) is 6.91. The van der Waals surface area contributed by atoms with Crippen molar-refractivity contribution in [3.05, 3.63) is 36.9 Å². The van der Waals surface area contributed by atoms with Crippen LogP contribution in [-0.2, 0) is 4.79 Å². The van der Waals surface area contributed by atoms with E-state index in [1.807, 2.05) is 34.6 Å². The SMILES string of the molecule is C[C@@H]1CN(c2ccnn3cc(-c4cnn(C5CC5)c4)cc23)C(=O)[C@]1(C#N)C1CC1. The number of fused-ring (bicyclic) bond motifs is 1. The summed E-state index contributed by atoms with van der Waals surface area (Å²) in [4.78, 5) is 15.2. The second-order valence-electron chi connectivity index (χ2n) is 8.79. The van der Waals surface area contributed by atoms with Gasteiger partial charge in [-0.2, -0.15) is 15.5 Å². The van der Waals surface area contributed by atoms with Gasteiger partial charge in [0, 0.05) is 42.2 Å². The molecule has 4 heterocycles. The highest BCUT2D eigenvalue weighted by Gasteiger charge is 2.61. The van der Waals surface area contributed by atoms with Gasteiger partial charge in [0.2, 0.25) is 5.91 Å². The maximum atomic E-state index is 13.4. The van der Waals surface area contributed by atoms with Crippen LogP contribution in [-0.4, -0.2) is 31.8 Å². The number of carbonyl (C=O) groups is 1. The van der Waals surface area contributed by atoms with Crippen LogP contribution in [0.1, 0.15) is 38.6 Å². The van der Waals surface area contributed by atoms with Gasteiger partial charge in [0.05, 0.1) is 29.5 Å². The van der Waals surface area contributed by atoms with E-state index in [9.17, 15) is 10.1 Å². The fraction of sp³-hybridized carbons (Fsp3) is 0.455. The average Bonchev–Trinajstić information content (AvgIpc) is 3.64. The van der Waals surface area contributed by atoms with E-state index in [2.05, 4.69) is 28.5 Å². The molecule has 29 heavy (non-hydrogen) atoms. The molecule has 3 aliphatic rings. The first-order chi connectivity index (χ1) is 14.1. The minimum absolute atomic E-state index is 0.0203. The van der Waals surface area contributed by atoms with Crippen molar-refractivity contribution in [1.29, 1.82) is 5.26 Å². The lowest BCUT2D eigenvalue weighted by atomic mass is 9.75. The number of aromatic nitrogens is 4. The molecule has 1 aliphatic heterocycles. The van der Waals surface area contributed by atoms with E-state index in [1.165, 1.54) is 12.8 Å². The van der Waals surface area contributed by atoms with Gasteiger partial charge < -0.3 is 4.90 Å². The zero-order chi connectivity index (χ0) is 19.8. The van der Waals surface area contributed by atoms with Crippen LogP contribution in [0.15, 0.2) is 36.9 Å². The molecule has 0 bridgehead atoms. The third-order valence-electron chi connectivity index (χ3n) is 6.87. The van der Waals surface area contributed by atoms with Crippen molar-refractivity contribution < 1.29 is 4.79 Å². The van der Waals surface area contributed by atoms with Crippen LogP contribution in [0, 0.1) is 28.6 Å². The number of hydrogen-bond acceptors (Lipinski definition) is 4. The van der Waals surface area contributed by atoms with Crippen LogP contribution < -0.4 is 4.90 Å². The number of nitriles is 1. The Hall–Kier alpha value is -3.14. The third-order valence-corrected chi connectivity index (χ3v) is 6.87. The van der Waals surface area contributed by atoms with E-state index in [1.54, 1.807) is 11.1 Å². The molecule has 2 aliphatic carbocycles. The number of amides is 1. The van der Waals surface area contributed by atoms with Gasteiger partial charge in [0.15, 0.2) is 0 Å². The second-order valence-corrected chi connectivity index (χ2v) is 8.79. The predicted molar refractivity (Wildman–Crippen MR) is 107 cm³/mol. The number of anilines is 1. The quantitative estimate of drug-likeness (QED) is 0.688. The smallest absolute Gasteiger partial charge is 0.248 e. The van der Waals surface area contributed by atoms with Gasteiger partial charge in [-0.3, -0.25) is 9.48 Å². The predicted octanol–water partition coefficient (Wildman–Crippen LogP) is 3.44. The first-order valence-corrected chi connectivity index (χ1v) is 10.4. The summed E-state index contributed by atoms with van der Waals surface area (Å²) in [5.41, 5.74) is 2.92. The average molecular weight is 386 g/mol. The standard InChI is InChI=1S/C22H22N6O/c1-14-10-26(21(29)22(14,13-23)17-2-3-17)19-6-7-24-28-11-15(8-20(19)28)16-9-25-27(12-16)18-4-5-18/h6-9,11-12,14,17-18H,2-5,10H2,1H3/t14-,22+/m1/s1. The molecule has 146 valence electrons. The monoisotopic (exact) mass is 386 g/mol. The fourth-order valence-corrected chi connectivity index (χ4v) is 4.92. The lowest BCUT2D eigenvalue weighted by Gasteiger charge is -2.23. The largest absolute Gasteiger partial charge is 0.309 e. The van der Waals surface area contributed by atoms with E-state index in [-0.39, 0.29) is 17.7 Å². The molecule has 1 amide bonds. The van der Waals surface area contributed by atoms with Gasteiger partial charge in [-0.1, -0.05) is 6.92 Å². The van der Waals surface area contributed by atoms with Crippen molar-refractivity contribution in [1.82, 2.24) is 19.4 Å². The Morgan fingerprint density at radius 1 is 1.17 bits per heavy atom. The van der Waals surface area contributed by atoms with E-state index in [0.29, 0.717) is 12.6 Å². The molecule has 0 aromatic carbocycles. The van der Waals surface area contributed by atoms with Crippen molar-refractivity contribution in [2.24, 2.45) is 17.3 Å². The normalized spacial score (nSPS) is 27.0. The van der Waals surface area contributed by atoms with Crippen molar-refractivity contribution in [2.75, 3.05) is 11.4 Å². The molecule has 7 heteroatoms. The molecular formula is C22H22N6O. The minimum atomic E-state index is -0.874.